The van der Waals surface area contributed by atoms with Crippen LogP contribution in [0.15, 0.2) is 200 Å². The van der Waals surface area contributed by atoms with Gasteiger partial charge in [0.1, 0.15) is 0 Å². The third kappa shape index (κ3) is 7.91. The second-order valence-corrected chi connectivity index (χ2v) is 15.4. The first-order chi connectivity index (χ1) is 30.2. The first kappa shape index (κ1) is 40.8. The number of benzene rings is 7. The Bertz CT molecular complexity index is 3180. The van der Waals surface area contributed by atoms with Crippen LogP contribution in [0.5, 0.6) is 0 Å². The molecule has 4 heterocycles. The molecule has 0 N–H and O–H groups in total. The Morgan fingerprint density at radius 1 is 0.410 bits per heavy atom. The van der Waals surface area contributed by atoms with Gasteiger partial charge in [-0.1, -0.05) is 149 Å². The van der Waals surface area contributed by atoms with Gasteiger partial charge in [0, 0.05) is 65.0 Å². The van der Waals surface area contributed by atoms with Crippen LogP contribution in [0.25, 0.3) is 97.9 Å². The molecule has 0 aliphatic rings. The number of nitrogens with zero attached hydrogens (tertiary/aromatic N) is 3. The van der Waals surface area contributed by atoms with E-state index in [9.17, 15) is 0 Å². The van der Waals surface area contributed by atoms with Gasteiger partial charge in [-0.05, 0) is 97.8 Å². The van der Waals surface area contributed by atoms with Crippen LogP contribution in [-0.4, -0.2) is 14.1 Å². The summed E-state index contributed by atoms with van der Waals surface area (Å²) in [5.74, 6) is 0. The largest absolute Gasteiger partial charge is 0.317 e. The molecule has 7 aromatic carbocycles. The highest BCUT2D eigenvalue weighted by Crippen LogP contribution is 2.42. The summed E-state index contributed by atoms with van der Waals surface area (Å²) in [6.45, 7) is 12.0. The Morgan fingerprint density at radius 3 is 1.69 bits per heavy atom. The van der Waals surface area contributed by atoms with E-state index in [1.54, 1.807) is 0 Å². The summed E-state index contributed by atoms with van der Waals surface area (Å²) in [7, 11) is 0. The van der Waals surface area contributed by atoms with Crippen LogP contribution in [0.3, 0.4) is 0 Å². The second kappa shape index (κ2) is 18.5. The van der Waals surface area contributed by atoms with Crippen LogP contribution in [-0.2, 0) is 0 Å². The predicted molar refractivity (Wildman–Crippen MR) is 268 cm³/mol. The van der Waals surface area contributed by atoms with Crippen molar-refractivity contribution in [3.8, 4) is 45.0 Å². The monoisotopic (exact) mass is 809 g/mol. The van der Waals surface area contributed by atoms with Gasteiger partial charge in [0.25, 0.3) is 0 Å². The van der Waals surface area contributed by atoms with Crippen molar-refractivity contribution in [2.75, 3.05) is 0 Å². The van der Waals surface area contributed by atoms with Crippen LogP contribution >= 0.6 is 11.3 Å². The SMILES string of the molecule is C/C=C\C.CC.CC.c1ccc(-c2cc(-c3ccccc3)nc(-c3cccc(-n4c5cc6ccn(-c7ccccc7)c6cc5c5cc6c(cc54)sc4ccccc46)c3)c2)cc1. The molecule has 0 unspecified atom stereocenters. The minimum absolute atomic E-state index is 0.946. The lowest BCUT2D eigenvalue weighted by Gasteiger charge is -2.13. The van der Waals surface area contributed by atoms with Crippen molar-refractivity contribution in [1.82, 2.24) is 14.1 Å². The molecule has 61 heavy (non-hydrogen) atoms. The Morgan fingerprint density at radius 2 is 0.984 bits per heavy atom. The maximum absolute atomic E-state index is 5.27. The Hall–Kier alpha value is -7.01. The first-order valence-corrected chi connectivity index (χ1v) is 22.3. The zero-order valence-corrected chi connectivity index (χ0v) is 36.6. The van der Waals surface area contributed by atoms with Gasteiger partial charge >= 0.3 is 0 Å². The molecule has 0 aliphatic carbocycles. The molecule has 0 amide bonds. The van der Waals surface area contributed by atoms with Crippen LogP contribution < -0.4 is 0 Å². The third-order valence-corrected chi connectivity index (χ3v) is 12.0. The van der Waals surface area contributed by atoms with Gasteiger partial charge in [-0.2, -0.15) is 0 Å². The van der Waals surface area contributed by atoms with Gasteiger partial charge in [-0.3, -0.25) is 0 Å². The van der Waals surface area contributed by atoms with E-state index < -0.39 is 0 Å². The van der Waals surface area contributed by atoms with Crippen molar-refractivity contribution >= 4 is 64.2 Å². The number of para-hydroxylation sites is 1. The number of thiophene rings is 1. The van der Waals surface area contributed by atoms with Crippen molar-refractivity contribution < 1.29 is 0 Å². The van der Waals surface area contributed by atoms with Gasteiger partial charge in [0.15, 0.2) is 0 Å². The number of allylic oxidation sites excluding steroid dienone is 2. The zero-order valence-electron chi connectivity index (χ0n) is 35.8. The zero-order chi connectivity index (χ0) is 42.3. The second-order valence-electron chi connectivity index (χ2n) is 14.3. The number of aromatic nitrogens is 3. The fraction of sp³-hybridized carbons (Fsp3) is 0.105. The molecule has 4 heteroatoms. The highest BCUT2D eigenvalue weighted by Gasteiger charge is 2.19. The normalized spacial score (nSPS) is 11.0. The average Bonchev–Trinajstić information content (AvgIpc) is 4.03. The van der Waals surface area contributed by atoms with Crippen LogP contribution in [0.4, 0.5) is 0 Å². The molecule has 0 bridgehead atoms. The molecule has 300 valence electrons. The quantitative estimate of drug-likeness (QED) is 0.159. The fourth-order valence-corrected chi connectivity index (χ4v) is 9.11. The summed E-state index contributed by atoms with van der Waals surface area (Å²) in [4.78, 5) is 5.27. The molecule has 0 saturated carbocycles. The molecule has 0 spiro atoms. The van der Waals surface area contributed by atoms with Gasteiger partial charge < -0.3 is 9.13 Å². The van der Waals surface area contributed by atoms with Gasteiger partial charge in [0.05, 0.1) is 27.9 Å². The lowest BCUT2D eigenvalue weighted by Crippen LogP contribution is -1.96. The lowest BCUT2D eigenvalue weighted by atomic mass is 10.00. The maximum atomic E-state index is 5.27. The minimum atomic E-state index is 0.946. The molecule has 0 saturated heterocycles. The summed E-state index contributed by atoms with van der Waals surface area (Å²) in [5, 5.41) is 6.31. The predicted octanol–water partition coefficient (Wildman–Crippen LogP) is 17.1. The Kier molecular flexibility index (Phi) is 12.4. The van der Waals surface area contributed by atoms with Gasteiger partial charge in [-0.15, -0.1) is 11.3 Å². The Balaban J connectivity index is 0.000000602. The number of pyridine rings is 1. The van der Waals surface area contributed by atoms with E-state index in [0.29, 0.717) is 0 Å². The van der Waals surface area contributed by atoms with Crippen molar-refractivity contribution in [2.24, 2.45) is 0 Å². The maximum Gasteiger partial charge on any atom is 0.0716 e. The van der Waals surface area contributed by atoms with E-state index in [0.717, 1.165) is 39.5 Å². The van der Waals surface area contributed by atoms with Crippen molar-refractivity contribution in [2.45, 2.75) is 41.5 Å². The standard InChI is InChI=1S/C49H31N3S.C4H8.2C2H6/c1-4-13-32(14-5-1)36-26-43(33-15-6-2-7-16-33)50-44(27-36)34-17-12-20-38(25-34)52-46-28-35-23-24-51(37-18-8-3-9-19-37)45(35)30-41(46)40-29-42-39-21-10-11-22-48(39)53-49(42)31-47(40)52;1-3-4-2;2*1-2/h1-31H;3-4H,1-2H3;2*1-2H3/b;4-3-;;. The molecule has 0 aliphatic heterocycles. The summed E-state index contributed by atoms with van der Waals surface area (Å²) in [6, 6.07) is 65.6. The van der Waals surface area contributed by atoms with E-state index in [1.807, 2.05) is 65.0 Å². The summed E-state index contributed by atoms with van der Waals surface area (Å²) in [5.41, 5.74) is 12.3. The number of hydrogen-bond donors (Lipinski definition) is 0. The highest BCUT2D eigenvalue weighted by atomic mass is 32.1. The van der Waals surface area contributed by atoms with Crippen molar-refractivity contribution in [3.63, 3.8) is 0 Å². The molecule has 4 aromatic heterocycles. The first-order valence-electron chi connectivity index (χ1n) is 21.4. The van der Waals surface area contributed by atoms with E-state index in [1.165, 1.54) is 58.4 Å². The van der Waals surface area contributed by atoms with Crippen LogP contribution in [0.2, 0.25) is 0 Å². The van der Waals surface area contributed by atoms with E-state index in [-0.39, 0.29) is 0 Å². The molecule has 0 fully saturated rings. The molecule has 0 atom stereocenters. The molecule has 3 nitrogen and oxygen atoms in total. The van der Waals surface area contributed by atoms with Gasteiger partial charge in [0.2, 0.25) is 0 Å². The third-order valence-electron chi connectivity index (χ3n) is 10.8. The number of fused-ring (bicyclic) bond motifs is 7. The summed E-state index contributed by atoms with van der Waals surface area (Å²) < 4.78 is 7.36. The molecular weight excluding hydrogens is 759 g/mol. The van der Waals surface area contributed by atoms with E-state index >= 15 is 0 Å². The summed E-state index contributed by atoms with van der Waals surface area (Å²) >= 11 is 1.87. The van der Waals surface area contributed by atoms with E-state index in [2.05, 4.69) is 197 Å². The molecule has 11 rings (SSSR count). The number of rotatable bonds is 5. The highest BCUT2D eigenvalue weighted by molar-refractivity contribution is 7.25. The molecular formula is C57H51N3S. The van der Waals surface area contributed by atoms with Crippen molar-refractivity contribution in [1.29, 1.82) is 0 Å². The van der Waals surface area contributed by atoms with Crippen LogP contribution in [0.1, 0.15) is 41.5 Å². The number of hydrogen-bond acceptors (Lipinski definition) is 2. The average molecular weight is 810 g/mol. The molecule has 0 radical (unpaired) electrons. The van der Waals surface area contributed by atoms with Crippen LogP contribution in [0, 0.1) is 0 Å². The smallest absolute Gasteiger partial charge is 0.0716 e. The Labute approximate surface area is 363 Å². The summed E-state index contributed by atoms with van der Waals surface area (Å²) in [6.07, 6.45) is 6.19. The van der Waals surface area contributed by atoms with E-state index in [4.69, 9.17) is 4.98 Å². The minimum Gasteiger partial charge on any atom is -0.317 e. The topological polar surface area (TPSA) is 22.8 Å². The lowest BCUT2D eigenvalue weighted by molar-refractivity contribution is 1.13. The fourth-order valence-electron chi connectivity index (χ4n) is 7.99. The van der Waals surface area contributed by atoms with Gasteiger partial charge in [-0.25, -0.2) is 4.98 Å². The van der Waals surface area contributed by atoms with Crippen molar-refractivity contribution in [3.05, 3.63) is 200 Å². The molecule has 11 aromatic rings.